The minimum absolute atomic E-state index is 0.0947. The summed E-state index contributed by atoms with van der Waals surface area (Å²) in [6.07, 6.45) is 4.21. The number of hydrogen-bond donors (Lipinski definition) is 1. The highest BCUT2D eigenvalue weighted by Crippen LogP contribution is 2.39. The molecule has 2 amide bonds. The van der Waals surface area contributed by atoms with E-state index in [1.807, 2.05) is 4.90 Å². The van der Waals surface area contributed by atoms with Gasteiger partial charge in [-0.3, -0.25) is 9.59 Å². The average Bonchev–Trinajstić information content (AvgIpc) is 3.59. The number of likely N-dealkylation sites (tertiary alicyclic amines) is 1. The highest BCUT2D eigenvalue weighted by molar-refractivity contribution is 5.84. The molecule has 4 heteroatoms. The number of piperidine rings is 1. The Hall–Kier alpha value is -2.62. The summed E-state index contributed by atoms with van der Waals surface area (Å²) < 4.78 is 0. The molecule has 0 aromatic heterocycles. The largest absolute Gasteiger partial charge is 0.359 e. The smallest absolute Gasteiger partial charge is 0.226 e. The predicted octanol–water partition coefficient (Wildman–Crippen LogP) is 3.97. The topological polar surface area (TPSA) is 49.4 Å². The van der Waals surface area contributed by atoms with Crippen LogP contribution in [-0.4, -0.2) is 36.9 Å². The van der Waals surface area contributed by atoms with Crippen molar-refractivity contribution in [3.8, 4) is 11.1 Å². The molecular formula is C25H30N2O2. The van der Waals surface area contributed by atoms with Gasteiger partial charge in [-0.25, -0.2) is 0 Å². The zero-order chi connectivity index (χ0) is 20.4. The standard InChI is InChI=1S/C25H30N2O2/c1-18-6-3-4-9-22(18)21-8-5-7-19(16-21)17-25(24(29)26-2)12-14-27(15-13-25)23(28)20-10-11-20/h3-9,16,20H,10-15,17H2,1-2H3,(H,26,29). The van der Waals surface area contributed by atoms with E-state index in [0.29, 0.717) is 19.5 Å². The van der Waals surface area contributed by atoms with Crippen LogP contribution in [0.15, 0.2) is 48.5 Å². The number of nitrogens with zero attached hydrogens (tertiary/aromatic N) is 1. The van der Waals surface area contributed by atoms with Crippen LogP contribution in [0.1, 0.15) is 36.8 Å². The Morgan fingerprint density at radius 2 is 1.79 bits per heavy atom. The van der Waals surface area contributed by atoms with E-state index < -0.39 is 5.41 Å². The molecule has 2 fully saturated rings. The van der Waals surface area contributed by atoms with Crippen LogP contribution in [0.4, 0.5) is 0 Å². The number of amides is 2. The quantitative estimate of drug-likeness (QED) is 0.840. The second-order valence-corrected chi connectivity index (χ2v) is 8.65. The first-order valence-electron chi connectivity index (χ1n) is 10.7. The SMILES string of the molecule is CNC(=O)C1(Cc2cccc(-c3ccccc3C)c2)CCN(C(=O)C2CC2)CC1. The van der Waals surface area contributed by atoms with Crippen molar-refractivity contribution in [2.24, 2.45) is 11.3 Å². The van der Waals surface area contributed by atoms with Crippen molar-refractivity contribution >= 4 is 11.8 Å². The van der Waals surface area contributed by atoms with Crippen LogP contribution in [0.5, 0.6) is 0 Å². The molecule has 2 aromatic rings. The Bertz CT molecular complexity index is 909. The summed E-state index contributed by atoms with van der Waals surface area (Å²) in [5, 5.41) is 2.89. The lowest BCUT2D eigenvalue weighted by Crippen LogP contribution is -2.51. The molecule has 0 spiro atoms. The van der Waals surface area contributed by atoms with E-state index in [2.05, 4.69) is 60.8 Å². The molecular weight excluding hydrogens is 360 g/mol. The summed E-state index contributed by atoms with van der Waals surface area (Å²) in [6.45, 7) is 3.49. The third-order valence-electron chi connectivity index (χ3n) is 6.59. The van der Waals surface area contributed by atoms with Crippen LogP contribution >= 0.6 is 0 Å². The summed E-state index contributed by atoms with van der Waals surface area (Å²) in [5.74, 6) is 0.627. The van der Waals surface area contributed by atoms with Crippen LogP contribution in [-0.2, 0) is 16.0 Å². The van der Waals surface area contributed by atoms with Crippen LogP contribution in [0.25, 0.3) is 11.1 Å². The lowest BCUT2D eigenvalue weighted by Gasteiger charge is -2.40. The van der Waals surface area contributed by atoms with E-state index in [1.165, 1.54) is 22.3 Å². The summed E-state index contributed by atoms with van der Waals surface area (Å²) in [4.78, 5) is 27.3. The van der Waals surface area contributed by atoms with Gasteiger partial charge >= 0.3 is 0 Å². The first-order valence-corrected chi connectivity index (χ1v) is 10.7. The fourth-order valence-corrected chi connectivity index (χ4v) is 4.63. The fraction of sp³-hybridized carbons (Fsp3) is 0.440. The molecule has 1 saturated heterocycles. The van der Waals surface area contributed by atoms with Gasteiger partial charge in [-0.05, 0) is 61.3 Å². The number of benzene rings is 2. The molecule has 0 radical (unpaired) electrons. The van der Waals surface area contributed by atoms with Gasteiger partial charge in [0.1, 0.15) is 0 Å². The number of carbonyl (C=O) groups is 2. The third-order valence-corrected chi connectivity index (χ3v) is 6.59. The molecule has 1 N–H and O–H groups in total. The minimum Gasteiger partial charge on any atom is -0.359 e. The highest BCUT2D eigenvalue weighted by Gasteiger charge is 2.43. The molecule has 2 aromatic carbocycles. The molecule has 1 aliphatic carbocycles. The van der Waals surface area contributed by atoms with Crippen LogP contribution in [0.2, 0.25) is 0 Å². The summed E-state index contributed by atoms with van der Waals surface area (Å²) in [6, 6.07) is 16.9. The van der Waals surface area contributed by atoms with Crippen LogP contribution < -0.4 is 5.32 Å². The molecule has 4 nitrogen and oxygen atoms in total. The average molecular weight is 391 g/mol. The summed E-state index contributed by atoms with van der Waals surface area (Å²) >= 11 is 0. The Morgan fingerprint density at radius 1 is 1.07 bits per heavy atom. The number of hydrogen-bond acceptors (Lipinski definition) is 2. The molecule has 1 heterocycles. The predicted molar refractivity (Wildman–Crippen MR) is 115 cm³/mol. The van der Waals surface area contributed by atoms with E-state index in [4.69, 9.17) is 0 Å². The molecule has 0 atom stereocenters. The number of rotatable bonds is 5. The molecule has 2 aliphatic rings. The molecule has 152 valence electrons. The first kappa shape index (κ1) is 19.7. The van der Waals surface area contributed by atoms with Crippen molar-refractivity contribution in [3.05, 3.63) is 59.7 Å². The zero-order valence-corrected chi connectivity index (χ0v) is 17.4. The second kappa shape index (κ2) is 8.02. The molecule has 1 aliphatic heterocycles. The van der Waals surface area contributed by atoms with Gasteiger partial charge in [-0.2, -0.15) is 0 Å². The van der Waals surface area contributed by atoms with Gasteiger partial charge in [0.15, 0.2) is 0 Å². The third kappa shape index (κ3) is 4.07. The van der Waals surface area contributed by atoms with Gasteiger partial charge in [0.25, 0.3) is 0 Å². The number of carbonyl (C=O) groups excluding carboxylic acids is 2. The highest BCUT2D eigenvalue weighted by atomic mass is 16.2. The fourth-order valence-electron chi connectivity index (χ4n) is 4.63. The van der Waals surface area contributed by atoms with Crippen molar-refractivity contribution < 1.29 is 9.59 Å². The van der Waals surface area contributed by atoms with Gasteiger partial charge in [0.05, 0.1) is 5.41 Å². The van der Waals surface area contributed by atoms with Crippen LogP contribution in [0, 0.1) is 18.3 Å². The number of aryl methyl sites for hydroxylation is 1. The molecule has 0 bridgehead atoms. The monoisotopic (exact) mass is 390 g/mol. The van der Waals surface area contributed by atoms with E-state index >= 15 is 0 Å². The second-order valence-electron chi connectivity index (χ2n) is 8.65. The Morgan fingerprint density at radius 3 is 2.45 bits per heavy atom. The van der Waals surface area contributed by atoms with E-state index in [0.717, 1.165) is 25.7 Å². The summed E-state index contributed by atoms with van der Waals surface area (Å²) in [5.41, 5.74) is 4.40. The van der Waals surface area contributed by atoms with Gasteiger partial charge in [-0.1, -0.05) is 48.5 Å². The molecule has 4 rings (SSSR count). The van der Waals surface area contributed by atoms with Gasteiger partial charge in [0, 0.05) is 26.1 Å². The lowest BCUT2D eigenvalue weighted by molar-refractivity contribution is -0.141. The van der Waals surface area contributed by atoms with Gasteiger partial charge < -0.3 is 10.2 Å². The van der Waals surface area contributed by atoms with E-state index in [-0.39, 0.29) is 17.7 Å². The zero-order valence-electron chi connectivity index (χ0n) is 17.4. The van der Waals surface area contributed by atoms with Crippen molar-refractivity contribution in [3.63, 3.8) is 0 Å². The Balaban J connectivity index is 1.55. The maximum atomic E-state index is 12.9. The Kier molecular flexibility index (Phi) is 5.44. The minimum atomic E-state index is -0.445. The lowest BCUT2D eigenvalue weighted by atomic mass is 9.72. The van der Waals surface area contributed by atoms with Gasteiger partial charge in [0.2, 0.25) is 11.8 Å². The van der Waals surface area contributed by atoms with Crippen molar-refractivity contribution in [2.75, 3.05) is 20.1 Å². The summed E-state index contributed by atoms with van der Waals surface area (Å²) in [7, 11) is 1.72. The normalized spacial score (nSPS) is 18.3. The van der Waals surface area contributed by atoms with Crippen LogP contribution in [0.3, 0.4) is 0 Å². The van der Waals surface area contributed by atoms with Crippen molar-refractivity contribution in [1.82, 2.24) is 10.2 Å². The molecule has 0 unspecified atom stereocenters. The van der Waals surface area contributed by atoms with Crippen molar-refractivity contribution in [1.29, 1.82) is 0 Å². The maximum Gasteiger partial charge on any atom is 0.226 e. The van der Waals surface area contributed by atoms with Crippen molar-refractivity contribution in [2.45, 2.75) is 39.0 Å². The first-order chi connectivity index (χ1) is 14.0. The van der Waals surface area contributed by atoms with E-state index in [1.54, 1.807) is 7.05 Å². The van der Waals surface area contributed by atoms with E-state index in [9.17, 15) is 9.59 Å². The number of nitrogens with one attached hydrogen (secondary N) is 1. The molecule has 29 heavy (non-hydrogen) atoms. The maximum absolute atomic E-state index is 12.9. The molecule has 1 saturated carbocycles. The Labute approximate surface area is 173 Å². The van der Waals surface area contributed by atoms with Gasteiger partial charge in [-0.15, -0.1) is 0 Å².